The second-order valence-corrected chi connectivity index (χ2v) is 5.55. The lowest BCUT2D eigenvalue weighted by Gasteiger charge is -2.18. The van der Waals surface area contributed by atoms with E-state index in [2.05, 4.69) is 5.32 Å². The second-order valence-electron chi connectivity index (χ2n) is 5.55. The van der Waals surface area contributed by atoms with Crippen molar-refractivity contribution in [3.05, 3.63) is 53.6 Å². The van der Waals surface area contributed by atoms with Gasteiger partial charge in [0.05, 0.1) is 7.11 Å². The first-order valence-corrected chi connectivity index (χ1v) is 7.66. The van der Waals surface area contributed by atoms with Crippen LogP contribution in [0.15, 0.2) is 42.5 Å². The maximum absolute atomic E-state index is 12.2. The third-order valence-corrected chi connectivity index (χ3v) is 3.78. The summed E-state index contributed by atoms with van der Waals surface area (Å²) in [6.07, 6.45) is 0. The molecule has 0 bridgehead atoms. The van der Waals surface area contributed by atoms with Crippen molar-refractivity contribution in [3.63, 3.8) is 0 Å². The van der Waals surface area contributed by atoms with Gasteiger partial charge in [-0.05, 0) is 35.4 Å². The highest BCUT2D eigenvalue weighted by atomic mass is 16.7. The summed E-state index contributed by atoms with van der Waals surface area (Å²) in [6, 6.07) is 13.2. The number of rotatable bonds is 5. The number of carbonyl (C=O) groups excluding carboxylic acids is 1. The molecule has 6 heteroatoms. The first kappa shape index (κ1) is 16.0. The molecule has 0 saturated heterocycles. The highest BCUT2D eigenvalue weighted by Crippen LogP contribution is 2.32. The average molecular weight is 328 g/mol. The van der Waals surface area contributed by atoms with Crippen LogP contribution in [0.1, 0.15) is 11.1 Å². The minimum Gasteiger partial charge on any atom is -0.497 e. The molecule has 0 radical (unpaired) electrons. The lowest BCUT2D eigenvalue weighted by atomic mass is 10.2. The van der Waals surface area contributed by atoms with E-state index >= 15 is 0 Å². The Morgan fingerprint density at radius 2 is 2.00 bits per heavy atom. The molecule has 2 aromatic rings. The molecule has 126 valence electrons. The summed E-state index contributed by atoms with van der Waals surface area (Å²) in [6.45, 7) is 1.18. The van der Waals surface area contributed by atoms with E-state index in [4.69, 9.17) is 14.2 Å². The molecular weight excluding hydrogens is 308 g/mol. The zero-order valence-electron chi connectivity index (χ0n) is 13.7. The quantitative estimate of drug-likeness (QED) is 0.917. The molecule has 0 aromatic heterocycles. The van der Waals surface area contributed by atoms with Gasteiger partial charge < -0.3 is 24.4 Å². The number of amides is 2. The second kappa shape index (κ2) is 7.12. The minimum atomic E-state index is -0.143. The summed E-state index contributed by atoms with van der Waals surface area (Å²) in [5.41, 5.74) is 1.97. The monoisotopic (exact) mass is 328 g/mol. The molecule has 24 heavy (non-hydrogen) atoms. The van der Waals surface area contributed by atoms with Gasteiger partial charge in [0.15, 0.2) is 11.5 Å². The zero-order valence-corrected chi connectivity index (χ0v) is 13.7. The van der Waals surface area contributed by atoms with E-state index in [9.17, 15) is 4.79 Å². The van der Waals surface area contributed by atoms with Crippen LogP contribution in [-0.2, 0) is 13.1 Å². The number of urea groups is 1. The molecule has 1 N–H and O–H groups in total. The van der Waals surface area contributed by atoms with E-state index in [1.807, 2.05) is 42.5 Å². The van der Waals surface area contributed by atoms with E-state index in [-0.39, 0.29) is 12.8 Å². The Balaban J connectivity index is 1.54. The van der Waals surface area contributed by atoms with Crippen LogP contribution in [0.25, 0.3) is 0 Å². The van der Waals surface area contributed by atoms with Crippen molar-refractivity contribution in [2.24, 2.45) is 0 Å². The number of ether oxygens (including phenoxy) is 3. The van der Waals surface area contributed by atoms with E-state index in [1.54, 1.807) is 19.1 Å². The molecule has 1 aliphatic rings. The van der Waals surface area contributed by atoms with Crippen LogP contribution in [0, 0.1) is 0 Å². The number of nitrogens with one attached hydrogen (secondary N) is 1. The van der Waals surface area contributed by atoms with Crippen molar-refractivity contribution >= 4 is 6.03 Å². The molecule has 1 heterocycles. The van der Waals surface area contributed by atoms with Crippen LogP contribution >= 0.6 is 0 Å². The van der Waals surface area contributed by atoms with Crippen LogP contribution in [0.4, 0.5) is 4.79 Å². The van der Waals surface area contributed by atoms with E-state index in [1.165, 1.54) is 0 Å². The van der Waals surface area contributed by atoms with Gasteiger partial charge in [-0.2, -0.15) is 0 Å². The van der Waals surface area contributed by atoms with Gasteiger partial charge in [0.1, 0.15) is 5.75 Å². The highest BCUT2D eigenvalue weighted by molar-refractivity contribution is 5.73. The lowest BCUT2D eigenvalue weighted by Crippen LogP contribution is -2.36. The number of carbonyl (C=O) groups is 1. The highest BCUT2D eigenvalue weighted by Gasteiger charge is 2.15. The summed E-state index contributed by atoms with van der Waals surface area (Å²) in [7, 11) is 3.38. The minimum absolute atomic E-state index is 0.143. The predicted molar refractivity (Wildman–Crippen MR) is 89.3 cm³/mol. The van der Waals surface area contributed by atoms with Gasteiger partial charge in [-0.3, -0.25) is 0 Å². The van der Waals surface area contributed by atoms with E-state index < -0.39 is 0 Å². The molecule has 6 nitrogen and oxygen atoms in total. The number of nitrogens with zero attached hydrogens (tertiary/aromatic N) is 1. The summed E-state index contributed by atoms with van der Waals surface area (Å²) in [5.74, 6) is 2.23. The third-order valence-electron chi connectivity index (χ3n) is 3.78. The topological polar surface area (TPSA) is 60.0 Å². The van der Waals surface area contributed by atoms with Gasteiger partial charge in [-0.25, -0.2) is 4.79 Å². The third kappa shape index (κ3) is 3.71. The Morgan fingerprint density at radius 3 is 2.83 bits per heavy atom. The van der Waals surface area contributed by atoms with E-state index in [0.29, 0.717) is 13.1 Å². The number of methoxy groups -OCH3 is 1. The molecule has 2 aromatic carbocycles. The maximum Gasteiger partial charge on any atom is 0.317 e. The normalized spacial score (nSPS) is 11.9. The van der Waals surface area contributed by atoms with Crippen molar-refractivity contribution in [1.29, 1.82) is 0 Å². The summed E-state index contributed by atoms with van der Waals surface area (Å²) in [5, 5.41) is 2.90. The molecule has 0 aliphatic carbocycles. The smallest absolute Gasteiger partial charge is 0.317 e. The molecule has 2 amide bonds. The fourth-order valence-electron chi connectivity index (χ4n) is 2.48. The van der Waals surface area contributed by atoms with Gasteiger partial charge in [-0.1, -0.05) is 18.2 Å². The Kier molecular flexibility index (Phi) is 4.74. The molecular formula is C18H20N2O4. The molecule has 0 unspecified atom stereocenters. The molecule has 0 saturated carbocycles. The van der Waals surface area contributed by atoms with Crippen LogP contribution in [-0.4, -0.2) is 31.9 Å². The Labute approximate surface area is 140 Å². The zero-order chi connectivity index (χ0) is 16.9. The SMILES string of the molecule is COc1cccc(CNC(=O)N(C)Cc2ccc3c(c2)OCO3)c1. The molecule has 0 spiro atoms. The van der Waals surface area contributed by atoms with Gasteiger partial charge in [0.25, 0.3) is 0 Å². The molecule has 3 rings (SSSR count). The van der Waals surface area contributed by atoms with Gasteiger partial charge in [0, 0.05) is 20.1 Å². The van der Waals surface area contributed by atoms with Crippen molar-refractivity contribution in [2.45, 2.75) is 13.1 Å². The summed E-state index contributed by atoms with van der Waals surface area (Å²) >= 11 is 0. The van der Waals surface area contributed by atoms with Crippen LogP contribution < -0.4 is 19.5 Å². The lowest BCUT2D eigenvalue weighted by molar-refractivity contribution is 0.174. The number of fused-ring (bicyclic) bond motifs is 1. The Morgan fingerprint density at radius 1 is 1.17 bits per heavy atom. The maximum atomic E-state index is 12.2. The number of benzene rings is 2. The van der Waals surface area contributed by atoms with Gasteiger partial charge in [-0.15, -0.1) is 0 Å². The van der Waals surface area contributed by atoms with Crippen molar-refractivity contribution in [2.75, 3.05) is 21.0 Å². The number of hydrogen-bond acceptors (Lipinski definition) is 4. The first-order valence-electron chi connectivity index (χ1n) is 7.66. The molecule has 0 fully saturated rings. The average Bonchev–Trinajstić information content (AvgIpc) is 3.07. The van der Waals surface area contributed by atoms with Crippen LogP contribution in [0.3, 0.4) is 0 Å². The molecule has 0 atom stereocenters. The Bertz CT molecular complexity index is 733. The number of hydrogen-bond donors (Lipinski definition) is 1. The van der Waals surface area contributed by atoms with E-state index in [0.717, 1.165) is 28.4 Å². The molecule has 1 aliphatic heterocycles. The fourth-order valence-corrected chi connectivity index (χ4v) is 2.48. The predicted octanol–water partition coefficient (Wildman–Crippen LogP) is 2.77. The van der Waals surface area contributed by atoms with Gasteiger partial charge >= 0.3 is 6.03 Å². The van der Waals surface area contributed by atoms with Crippen molar-refractivity contribution in [3.8, 4) is 17.2 Å². The Hall–Kier alpha value is -2.89. The van der Waals surface area contributed by atoms with Crippen molar-refractivity contribution in [1.82, 2.24) is 10.2 Å². The van der Waals surface area contributed by atoms with Crippen molar-refractivity contribution < 1.29 is 19.0 Å². The summed E-state index contributed by atoms with van der Waals surface area (Å²) < 4.78 is 15.8. The first-order chi connectivity index (χ1) is 11.7. The van der Waals surface area contributed by atoms with Crippen LogP contribution in [0.5, 0.6) is 17.2 Å². The standard InChI is InChI=1S/C18H20N2O4/c1-20(11-14-6-7-16-17(9-14)24-12-23-16)18(21)19-10-13-4-3-5-15(8-13)22-2/h3-9H,10-12H2,1-2H3,(H,19,21). The van der Waals surface area contributed by atoms with Gasteiger partial charge in [0.2, 0.25) is 6.79 Å². The van der Waals surface area contributed by atoms with Crippen LogP contribution in [0.2, 0.25) is 0 Å². The fraction of sp³-hybridized carbons (Fsp3) is 0.278. The largest absolute Gasteiger partial charge is 0.497 e. The summed E-state index contributed by atoms with van der Waals surface area (Å²) in [4.78, 5) is 13.9.